The second kappa shape index (κ2) is 12.3. The number of carbonyl (C=O) groups excluding carboxylic acids is 1. The van der Waals surface area contributed by atoms with Crippen LogP contribution in [0.25, 0.3) is 0 Å². The zero-order valence-electron chi connectivity index (χ0n) is 19.9. The molecule has 0 unspecified atom stereocenters. The Balaban J connectivity index is 1.46. The fourth-order valence-corrected chi connectivity index (χ4v) is 4.30. The van der Waals surface area contributed by atoms with E-state index < -0.39 is 6.10 Å². The number of aliphatic hydroxyl groups excluding tert-OH is 1. The summed E-state index contributed by atoms with van der Waals surface area (Å²) < 4.78 is 24.9. The van der Waals surface area contributed by atoms with Gasteiger partial charge in [-0.2, -0.15) is 0 Å². The molecule has 0 amide bonds. The molecule has 0 radical (unpaired) electrons. The Morgan fingerprint density at radius 1 is 1.27 bits per heavy atom. The van der Waals surface area contributed by atoms with Crippen molar-refractivity contribution in [3.8, 4) is 0 Å². The summed E-state index contributed by atoms with van der Waals surface area (Å²) in [5.74, 6) is -0.364. The third-order valence-electron chi connectivity index (χ3n) is 6.35. The van der Waals surface area contributed by atoms with Gasteiger partial charge in [0, 0.05) is 25.6 Å². The van der Waals surface area contributed by atoms with Crippen molar-refractivity contribution in [2.75, 3.05) is 26.3 Å². The highest BCUT2D eigenvalue weighted by Crippen LogP contribution is 2.25. The number of hydrogen-bond donors (Lipinski definition) is 1. The SMILES string of the molecule is CCOC(=O)CCc1ccccc1[C@@H](C)OC[C@H](O)CN1CC[C@H]1Cc1ccc(C)c(F)c1. The standard InChI is InChI=1S/C27H36FNO4/c1-4-32-27(31)12-11-22-7-5-6-8-25(22)20(3)33-18-24(30)17-29-14-13-23(29)15-21-10-9-19(2)26(28)16-21/h5-10,16,20,23-24,30H,4,11-15,17-18H2,1-3H3/t20-,23+,24-/m1/s1. The second-order valence-electron chi connectivity index (χ2n) is 8.86. The normalized spacial score (nSPS) is 17.9. The van der Waals surface area contributed by atoms with Crippen LogP contribution in [-0.2, 0) is 27.1 Å². The van der Waals surface area contributed by atoms with Crippen molar-refractivity contribution >= 4 is 5.97 Å². The number of benzene rings is 2. The van der Waals surface area contributed by atoms with E-state index in [0.717, 1.165) is 36.1 Å². The summed E-state index contributed by atoms with van der Waals surface area (Å²) in [5, 5.41) is 10.6. The maximum Gasteiger partial charge on any atom is 0.306 e. The van der Waals surface area contributed by atoms with E-state index in [2.05, 4.69) is 4.90 Å². The molecule has 1 saturated heterocycles. The largest absolute Gasteiger partial charge is 0.466 e. The Hall–Kier alpha value is -2.28. The molecule has 1 N–H and O–H groups in total. The van der Waals surface area contributed by atoms with Gasteiger partial charge >= 0.3 is 5.97 Å². The molecule has 2 aromatic carbocycles. The summed E-state index contributed by atoms with van der Waals surface area (Å²) in [5.41, 5.74) is 3.73. The molecule has 6 heteroatoms. The second-order valence-corrected chi connectivity index (χ2v) is 8.86. The number of aryl methyl sites for hydroxylation is 2. The summed E-state index contributed by atoms with van der Waals surface area (Å²) in [7, 11) is 0. The zero-order valence-corrected chi connectivity index (χ0v) is 19.9. The number of carbonyl (C=O) groups is 1. The summed E-state index contributed by atoms with van der Waals surface area (Å²) in [6.45, 7) is 7.63. The maximum absolute atomic E-state index is 13.8. The van der Waals surface area contributed by atoms with Crippen LogP contribution in [0.2, 0.25) is 0 Å². The molecule has 5 nitrogen and oxygen atoms in total. The van der Waals surface area contributed by atoms with E-state index >= 15 is 0 Å². The number of rotatable bonds is 12. The van der Waals surface area contributed by atoms with Crippen LogP contribution < -0.4 is 0 Å². The highest BCUT2D eigenvalue weighted by atomic mass is 19.1. The summed E-state index contributed by atoms with van der Waals surface area (Å²) >= 11 is 0. The van der Waals surface area contributed by atoms with Crippen LogP contribution in [-0.4, -0.2) is 54.4 Å². The van der Waals surface area contributed by atoms with Crippen molar-refractivity contribution in [1.29, 1.82) is 0 Å². The molecule has 33 heavy (non-hydrogen) atoms. The monoisotopic (exact) mass is 457 g/mol. The van der Waals surface area contributed by atoms with Crippen LogP contribution in [0.1, 0.15) is 55.0 Å². The van der Waals surface area contributed by atoms with Gasteiger partial charge in [-0.05, 0) is 68.4 Å². The molecule has 180 valence electrons. The number of likely N-dealkylation sites (tertiary alicyclic amines) is 1. The minimum absolute atomic E-state index is 0.164. The van der Waals surface area contributed by atoms with Crippen molar-refractivity contribution in [2.24, 2.45) is 0 Å². The lowest BCUT2D eigenvalue weighted by molar-refractivity contribution is -0.143. The number of β-amino-alcohol motifs (C(OH)–C–C–N with tert-alkyl or cyclic N) is 1. The number of nitrogens with zero attached hydrogens (tertiary/aromatic N) is 1. The van der Waals surface area contributed by atoms with Gasteiger partial charge in [-0.3, -0.25) is 9.69 Å². The van der Waals surface area contributed by atoms with Gasteiger partial charge in [-0.25, -0.2) is 4.39 Å². The van der Waals surface area contributed by atoms with Crippen LogP contribution in [0, 0.1) is 12.7 Å². The first kappa shape index (κ1) is 25.3. The third kappa shape index (κ3) is 7.36. The lowest BCUT2D eigenvalue weighted by Crippen LogP contribution is -2.52. The Morgan fingerprint density at radius 2 is 2.06 bits per heavy atom. The van der Waals surface area contributed by atoms with Crippen LogP contribution in [0.15, 0.2) is 42.5 Å². The van der Waals surface area contributed by atoms with E-state index in [1.165, 1.54) is 0 Å². The lowest BCUT2D eigenvalue weighted by Gasteiger charge is -2.42. The van der Waals surface area contributed by atoms with Gasteiger partial charge in [0.1, 0.15) is 5.82 Å². The summed E-state index contributed by atoms with van der Waals surface area (Å²) in [6, 6.07) is 13.7. The van der Waals surface area contributed by atoms with Gasteiger partial charge < -0.3 is 14.6 Å². The molecule has 0 bridgehead atoms. The summed E-state index contributed by atoms with van der Waals surface area (Å²) in [4.78, 5) is 14.0. The van der Waals surface area contributed by atoms with Crippen molar-refractivity contribution < 1.29 is 23.8 Å². The van der Waals surface area contributed by atoms with Gasteiger partial charge in [0.15, 0.2) is 0 Å². The molecule has 2 aromatic rings. The number of halogens is 1. The minimum atomic E-state index is -0.600. The topological polar surface area (TPSA) is 59.0 Å². The number of ether oxygens (including phenoxy) is 2. The van der Waals surface area contributed by atoms with Gasteiger partial charge in [0.25, 0.3) is 0 Å². The van der Waals surface area contributed by atoms with Gasteiger partial charge in [0.05, 0.1) is 25.4 Å². The highest BCUT2D eigenvalue weighted by molar-refractivity contribution is 5.69. The molecule has 3 rings (SSSR count). The Morgan fingerprint density at radius 3 is 2.76 bits per heavy atom. The molecule has 1 aliphatic heterocycles. The van der Waals surface area contributed by atoms with Crippen molar-refractivity contribution in [1.82, 2.24) is 4.90 Å². The van der Waals surface area contributed by atoms with Crippen LogP contribution in [0.4, 0.5) is 4.39 Å². The van der Waals surface area contributed by atoms with Gasteiger partial charge in [0.2, 0.25) is 0 Å². The fraction of sp³-hybridized carbons (Fsp3) is 0.519. The van der Waals surface area contributed by atoms with Crippen molar-refractivity contribution in [3.05, 3.63) is 70.5 Å². The third-order valence-corrected chi connectivity index (χ3v) is 6.35. The molecule has 1 fully saturated rings. The number of esters is 1. The Kier molecular flexibility index (Phi) is 9.41. The molecule has 0 aromatic heterocycles. The van der Waals surface area contributed by atoms with Crippen LogP contribution in [0.5, 0.6) is 0 Å². The van der Waals surface area contributed by atoms with E-state index in [-0.39, 0.29) is 24.5 Å². The van der Waals surface area contributed by atoms with Gasteiger partial charge in [-0.1, -0.05) is 36.4 Å². The minimum Gasteiger partial charge on any atom is -0.466 e. The van der Waals surface area contributed by atoms with E-state index in [4.69, 9.17) is 9.47 Å². The van der Waals surface area contributed by atoms with Crippen LogP contribution >= 0.6 is 0 Å². The molecule has 1 aliphatic rings. The first-order valence-electron chi connectivity index (χ1n) is 11.9. The molecule has 0 spiro atoms. The smallest absolute Gasteiger partial charge is 0.306 e. The summed E-state index contributed by atoms with van der Waals surface area (Å²) in [6.07, 6.45) is 1.97. The van der Waals surface area contributed by atoms with E-state index in [1.54, 1.807) is 19.9 Å². The van der Waals surface area contributed by atoms with Crippen LogP contribution in [0.3, 0.4) is 0 Å². The van der Waals surface area contributed by atoms with Crippen molar-refractivity contribution in [2.45, 2.75) is 64.7 Å². The average molecular weight is 458 g/mol. The van der Waals surface area contributed by atoms with E-state index in [0.29, 0.717) is 37.6 Å². The van der Waals surface area contributed by atoms with Gasteiger partial charge in [-0.15, -0.1) is 0 Å². The predicted octanol–water partition coefficient (Wildman–Crippen LogP) is 4.39. The highest BCUT2D eigenvalue weighted by Gasteiger charge is 2.30. The van der Waals surface area contributed by atoms with E-state index in [9.17, 15) is 14.3 Å². The van der Waals surface area contributed by atoms with Crippen molar-refractivity contribution in [3.63, 3.8) is 0 Å². The predicted molar refractivity (Wildman–Crippen MR) is 127 cm³/mol. The Bertz CT molecular complexity index is 919. The molecule has 0 saturated carbocycles. The number of hydrogen-bond acceptors (Lipinski definition) is 5. The molecule has 3 atom stereocenters. The number of aliphatic hydroxyl groups is 1. The molecule has 1 heterocycles. The maximum atomic E-state index is 13.8. The first-order valence-corrected chi connectivity index (χ1v) is 11.9. The zero-order chi connectivity index (χ0) is 23.8. The fourth-order valence-electron chi connectivity index (χ4n) is 4.30. The Labute approximate surface area is 196 Å². The van der Waals surface area contributed by atoms with E-state index in [1.807, 2.05) is 43.3 Å². The quantitative estimate of drug-likeness (QED) is 0.479. The first-order chi connectivity index (χ1) is 15.9. The molecular weight excluding hydrogens is 421 g/mol. The average Bonchev–Trinajstić information content (AvgIpc) is 2.80. The molecule has 0 aliphatic carbocycles. The lowest BCUT2D eigenvalue weighted by atomic mass is 9.94. The molecular formula is C27H36FNO4.